The van der Waals surface area contributed by atoms with Crippen LogP contribution in [0.2, 0.25) is 0 Å². The van der Waals surface area contributed by atoms with Crippen LogP contribution >= 0.6 is 0 Å². The Morgan fingerprint density at radius 2 is 1.94 bits per heavy atom. The first kappa shape index (κ1) is 14.2. The van der Waals surface area contributed by atoms with Crippen molar-refractivity contribution >= 4 is 5.97 Å². The molecule has 0 spiro atoms. The van der Waals surface area contributed by atoms with E-state index in [1.807, 2.05) is 6.92 Å². The molecule has 0 aromatic carbocycles. The molecule has 0 radical (unpaired) electrons. The zero-order chi connectivity index (χ0) is 12.7. The topological polar surface area (TPSA) is 44.8 Å². The van der Waals surface area contributed by atoms with Crippen LogP contribution in [0.5, 0.6) is 0 Å². The first-order valence-corrected chi connectivity index (χ1v) is 6.05. The monoisotopic (exact) mass is 242 g/mol. The van der Waals surface area contributed by atoms with E-state index in [0.29, 0.717) is 5.57 Å². The summed E-state index contributed by atoms with van der Waals surface area (Å²) >= 11 is 0. The highest BCUT2D eigenvalue weighted by Crippen LogP contribution is 2.31. The Labute approximate surface area is 103 Å². The molecule has 0 aromatic rings. The van der Waals surface area contributed by atoms with Gasteiger partial charge < -0.3 is 14.2 Å². The van der Waals surface area contributed by atoms with Crippen molar-refractivity contribution in [2.75, 3.05) is 20.5 Å². The number of rotatable bonds is 6. The second kappa shape index (κ2) is 6.77. The minimum absolute atomic E-state index is 0.156. The van der Waals surface area contributed by atoms with Gasteiger partial charge in [0.1, 0.15) is 12.4 Å². The molecule has 0 bridgehead atoms. The van der Waals surface area contributed by atoms with Gasteiger partial charge in [0, 0.05) is 7.11 Å². The number of hydrogen-bond donors (Lipinski definition) is 0. The summed E-state index contributed by atoms with van der Waals surface area (Å²) in [7, 11) is 1.53. The molecule has 4 heteroatoms. The molecule has 1 aliphatic rings. The minimum Gasteiger partial charge on any atom is -0.456 e. The molecule has 98 valence electrons. The predicted octanol–water partition coefficient (Wildman–Crippen LogP) is 2.43. The molecule has 0 saturated heterocycles. The van der Waals surface area contributed by atoms with Crippen LogP contribution < -0.4 is 0 Å². The third-order valence-corrected chi connectivity index (χ3v) is 3.02. The third-order valence-electron chi connectivity index (χ3n) is 3.02. The molecule has 0 unspecified atom stereocenters. The highest BCUT2D eigenvalue weighted by molar-refractivity contribution is 5.88. The van der Waals surface area contributed by atoms with Crippen LogP contribution in [0.3, 0.4) is 0 Å². The van der Waals surface area contributed by atoms with Crippen molar-refractivity contribution in [1.29, 1.82) is 0 Å². The Kier molecular flexibility index (Phi) is 5.65. The maximum absolute atomic E-state index is 11.8. The predicted molar refractivity (Wildman–Crippen MR) is 64.6 cm³/mol. The zero-order valence-electron chi connectivity index (χ0n) is 10.8. The van der Waals surface area contributed by atoms with Gasteiger partial charge in [-0.3, -0.25) is 0 Å². The average Bonchev–Trinajstić information content (AvgIpc) is 2.29. The van der Waals surface area contributed by atoms with Crippen LogP contribution in [0.25, 0.3) is 0 Å². The molecule has 0 amide bonds. The Balaban J connectivity index is 2.34. The maximum Gasteiger partial charge on any atom is 0.336 e. The van der Waals surface area contributed by atoms with Gasteiger partial charge in [-0.1, -0.05) is 13.0 Å². The number of carbonyl (C=O) groups excluding carboxylic acids is 1. The summed E-state index contributed by atoms with van der Waals surface area (Å²) in [6, 6.07) is 0. The SMILES string of the molecule is C=C(COCOC)C(=O)OC1(C)CCCCC1. The number of methoxy groups -OCH3 is 1. The Morgan fingerprint density at radius 3 is 2.53 bits per heavy atom. The Bertz CT molecular complexity index is 267. The smallest absolute Gasteiger partial charge is 0.336 e. The third kappa shape index (κ3) is 4.88. The molecular formula is C13H22O4. The van der Waals surface area contributed by atoms with Crippen LogP contribution in [-0.4, -0.2) is 32.1 Å². The lowest BCUT2D eigenvalue weighted by Crippen LogP contribution is -2.34. The fourth-order valence-electron chi connectivity index (χ4n) is 2.00. The zero-order valence-corrected chi connectivity index (χ0v) is 10.8. The van der Waals surface area contributed by atoms with E-state index in [0.717, 1.165) is 25.7 Å². The van der Waals surface area contributed by atoms with Crippen LogP contribution in [0.4, 0.5) is 0 Å². The Hall–Kier alpha value is -0.870. The van der Waals surface area contributed by atoms with Crippen molar-refractivity contribution in [3.63, 3.8) is 0 Å². The molecule has 17 heavy (non-hydrogen) atoms. The average molecular weight is 242 g/mol. The number of hydrogen-bond acceptors (Lipinski definition) is 4. The molecule has 1 rings (SSSR count). The van der Waals surface area contributed by atoms with Gasteiger partial charge >= 0.3 is 5.97 Å². The van der Waals surface area contributed by atoms with E-state index in [1.54, 1.807) is 0 Å². The summed E-state index contributed by atoms with van der Waals surface area (Å²) in [4.78, 5) is 11.8. The van der Waals surface area contributed by atoms with E-state index < -0.39 is 0 Å². The van der Waals surface area contributed by atoms with Crippen LogP contribution in [0.1, 0.15) is 39.0 Å². The standard InChI is InChI=1S/C13H22O4/c1-11(9-16-10-15-3)12(14)17-13(2)7-5-4-6-8-13/h1,4-10H2,2-3H3. The number of esters is 1. The molecular weight excluding hydrogens is 220 g/mol. The van der Waals surface area contributed by atoms with E-state index in [1.165, 1.54) is 13.5 Å². The minimum atomic E-state index is -0.356. The van der Waals surface area contributed by atoms with E-state index in [9.17, 15) is 4.79 Å². The quantitative estimate of drug-likeness (QED) is 0.310. The van der Waals surface area contributed by atoms with Gasteiger partial charge in [-0.05, 0) is 32.6 Å². The highest BCUT2D eigenvalue weighted by Gasteiger charge is 2.31. The van der Waals surface area contributed by atoms with Crippen molar-refractivity contribution in [3.05, 3.63) is 12.2 Å². The number of carbonyl (C=O) groups is 1. The van der Waals surface area contributed by atoms with Gasteiger partial charge in [0.05, 0.1) is 12.2 Å². The molecule has 4 nitrogen and oxygen atoms in total. The van der Waals surface area contributed by atoms with Crippen LogP contribution in [-0.2, 0) is 19.0 Å². The van der Waals surface area contributed by atoms with Crippen molar-refractivity contribution in [3.8, 4) is 0 Å². The highest BCUT2D eigenvalue weighted by atomic mass is 16.7. The summed E-state index contributed by atoms with van der Waals surface area (Å²) < 4.78 is 15.3. The number of ether oxygens (including phenoxy) is 3. The van der Waals surface area contributed by atoms with Crippen molar-refractivity contribution < 1.29 is 19.0 Å². The molecule has 0 aromatic heterocycles. The molecule has 0 N–H and O–H groups in total. The second-order valence-corrected chi connectivity index (χ2v) is 4.76. The van der Waals surface area contributed by atoms with E-state index in [4.69, 9.17) is 14.2 Å². The maximum atomic E-state index is 11.8. The van der Waals surface area contributed by atoms with Gasteiger partial charge in [0.2, 0.25) is 0 Å². The Morgan fingerprint density at radius 1 is 1.29 bits per heavy atom. The normalized spacial score (nSPS) is 18.7. The van der Waals surface area contributed by atoms with Crippen LogP contribution in [0, 0.1) is 0 Å². The fourth-order valence-corrected chi connectivity index (χ4v) is 2.00. The molecule has 1 fully saturated rings. The first-order chi connectivity index (χ1) is 8.07. The summed E-state index contributed by atoms with van der Waals surface area (Å²) in [6.45, 7) is 5.97. The van der Waals surface area contributed by atoms with E-state index in [2.05, 4.69) is 6.58 Å². The molecule has 0 aliphatic heterocycles. The molecule has 1 aliphatic carbocycles. The van der Waals surface area contributed by atoms with Crippen LogP contribution in [0.15, 0.2) is 12.2 Å². The molecule has 1 saturated carbocycles. The van der Waals surface area contributed by atoms with Crippen molar-refractivity contribution in [2.24, 2.45) is 0 Å². The van der Waals surface area contributed by atoms with Gasteiger partial charge in [0.25, 0.3) is 0 Å². The fraction of sp³-hybridized carbons (Fsp3) is 0.769. The van der Waals surface area contributed by atoms with Crippen molar-refractivity contribution in [2.45, 2.75) is 44.6 Å². The molecule has 0 atom stereocenters. The van der Waals surface area contributed by atoms with Gasteiger partial charge in [-0.15, -0.1) is 0 Å². The summed E-state index contributed by atoms with van der Waals surface area (Å²) in [6.07, 6.45) is 5.34. The lowest BCUT2D eigenvalue weighted by molar-refractivity contribution is -0.157. The van der Waals surface area contributed by atoms with Gasteiger partial charge in [-0.25, -0.2) is 4.79 Å². The summed E-state index contributed by atoms with van der Waals surface area (Å²) in [5, 5.41) is 0. The lowest BCUT2D eigenvalue weighted by atomic mass is 9.86. The summed E-state index contributed by atoms with van der Waals surface area (Å²) in [5.74, 6) is -0.356. The summed E-state index contributed by atoms with van der Waals surface area (Å²) in [5.41, 5.74) is 0.0216. The first-order valence-electron chi connectivity index (χ1n) is 6.05. The van der Waals surface area contributed by atoms with Gasteiger partial charge in [0.15, 0.2) is 0 Å². The van der Waals surface area contributed by atoms with Crippen molar-refractivity contribution in [1.82, 2.24) is 0 Å². The van der Waals surface area contributed by atoms with E-state index >= 15 is 0 Å². The molecule has 0 heterocycles. The lowest BCUT2D eigenvalue weighted by Gasteiger charge is -2.33. The van der Waals surface area contributed by atoms with E-state index in [-0.39, 0.29) is 25.0 Å². The second-order valence-electron chi connectivity index (χ2n) is 4.76. The van der Waals surface area contributed by atoms with Gasteiger partial charge in [-0.2, -0.15) is 0 Å². The largest absolute Gasteiger partial charge is 0.456 e.